The van der Waals surface area contributed by atoms with E-state index >= 15 is 0 Å². The minimum atomic E-state index is -0.432. The van der Waals surface area contributed by atoms with Crippen LogP contribution in [0.3, 0.4) is 0 Å². The first-order chi connectivity index (χ1) is 16.4. The average molecular weight is 455 g/mol. The number of rotatable bonds is 8. The van der Waals surface area contributed by atoms with Crippen LogP contribution in [0.15, 0.2) is 84.9 Å². The van der Waals surface area contributed by atoms with E-state index in [-0.39, 0.29) is 11.6 Å². The number of hydrogen-bond donors (Lipinski definition) is 2. The van der Waals surface area contributed by atoms with E-state index in [1.165, 1.54) is 6.07 Å². The van der Waals surface area contributed by atoms with Gasteiger partial charge < -0.3 is 15.2 Å². The number of nitro benzene ring substituents is 1. The predicted octanol–water partition coefficient (Wildman–Crippen LogP) is 5.22. The van der Waals surface area contributed by atoms with E-state index in [9.17, 15) is 14.9 Å². The number of hydrogen-bond acceptors (Lipinski definition) is 4. The Morgan fingerprint density at radius 3 is 2.21 bits per heavy atom. The van der Waals surface area contributed by atoms with Gasteiger partial charge in [-0.15, -0.1) is 0 Å². The topological polar surface area (TPSA) is 91.3 Å². The summed E-state index contributed by atoms with van der Waals surface area (Å²) < 4.78 is 0. The molecular formula is C27H26N4O3. The van der Waals surface area contributed by atoms with Crippen LogP contribution < -0.4 is 5.32 Å². The normalized spacial score (nSPS) is 10.9. The highest BCUT2D eigenvalue weighted by Crippen LogP contribution is 2.35. The van der Waals surface area contributed by atoms with E-state index < -0.39 is 4.92 Å². The van der Waals surface area contributed by atoms with Gasteiger partial charge in [0.05, 0.1) is 21.7 Å². The van der Waals surface area contributed by atoms with Crippen molar-refractivity contribution in [3.63, 3.8) is 0 Å². The maximum absolute atomic E-state index is 13.1. The number of carbonyl (C=O) groups is 1. The maximum Gasteiger partial charge on any atom is 0.278 e. The Kier molecular flexibility index (Phi) is 6.85. The van der Waals surface area contributed by atoms with Gasteiger partial charge in [0.1, 0.15) is 0 Å². The number of aromatic amines is 1. The second-order valence-corrected chi connectivity index (χ2v) is 8.25. The molecule has 0 atom stereocenters. The van der Waals surface area contributed by atoms with Gasteiger partial charge in [0.25, 0.3) is 11.6 Å². The predicted molar refractivity (Wildman–Crippen MR) is 135 cm³/mol. The Bertz CT molecular complexity index is 1300. The van der Waals surface area contributed by atoms with E-state index in [1.54, 1.807) is 24.3 Å². The smallest absolute Gasteiger partial charge is 0.278 e. The highest BCUT2D eigenvalue weighted by atomic mass is 16.6. The molecule has 0 aliphatic heterocycles. The number of H-pyrrole nitrogens is 1. The first kappa shape index (κ1) is 22.9. The summed E-state index contributed by atoms with van der Waals surface area (Å²) in [5.41, 5.74) is 4.90. The summed E-state index contributed by atoms with van der Waals surface area (Å²) in [6.45, 7) is 1.15. The van der Waals surface area contributed by atoms with Gasteiger partial charge >= 0.3 is 0 Å². The molecule has 0 spiro atoms. The molecule has 3 aromatic carbocycles. The summed E-state index contributed by atoms with van der Waals surface area (Å²) in [6.07, 6.45) is 0. The number of likely N-dealkylation sites (N-methyl/N-ethyl adjacent to an activating group) is 1. The van der Waals surface area contributed by atoms with Gasteiger partial charge in [-0.25, -0.2) is 0 Å². The SMILES string of the molecule is CN(C)CCNC(=O)c1cc(-c2ccc(-c3ccccc3)cc2)[nH]c1-c1ccccc1[N+](=O)[O-]. The Balaban J connectivity index is 1.73. The maximum atomic E-state index is 13.1. The Morgan fingerprint density at radius 1 is 0.912 bits per heavy atom. The summed E-state index contributed by atoms with van der Waals surface area (Å²) in [7, 11) is 3.86. The van der Waals surface area contributed by atoms with Crippen LogP contribution >= 0.6 is 0 Å². The number of carbonyl (C=O) groups excluding carboxylic acids is 1. The molecule has 0 radical (unpaired) electrons. The van der Waals surface area contributed by atoms with Crippen LogP contribution in [-0.2, 0) is 0 Å². The Labute approximate surface area is 198 Å². The molecule has 172 valence electrons. The second-order valence-electron chi connectivity index (χ2n) is 8.25. The lowest BCUT2D eigenvalue weighted by atomic mass is 10.0. The summed E-state index contributed by atoms with van der Waals surface area (Å²) in [5, 5.41) is 14.6. The van der Waals surface area contributed by atoms with Crippen LogP contribution in [0.1, 0.15) is 10.4 Å². The molecule has 0 aliphatic carbocycles. The molecule has 7 heteroatoms. The summed E-state index contributed by atoms with van der Waals surface area (Å²) in [6, 6.07) is 26.3. The average Bonchev–Trinajstić information content (AvgIpc) is 3.30. The van der Waals surface area contributed by atoms with Gasteiger partial charge in [-0.3, -0.25) is 14.9 Å². The molecule has 34 heavy (non-hydrogen) atoms. The largest absolute Gasteiger partial charge is 0.354 e. The molecule has 1 amide bonds. The van der Waals surface area contributed by atoms with E-state index in [4.69, 9.17) is 0 Å². The van der Waals surface area contributed by atoms with Gasteiger partial charge in [-0.1, -0.05) is 66.7 Å². The van der Waals surface area contributed by atoms with Crippen molar-refractivity contribution in [3.05, 3.63) is 101 Å². The minimum absolute atomic E-state index is 0.0577. The van der Waals surface area contributed by atoms with Crippen LogP contribution in [0.4, 0.5) is 5.69 Å². The summed E-state index contributed by atoms with van der Waals surface area (Å²) >= 11 is 0. The van der Waals surface area contributed by atoms with Crippen molar-refractivity contribution in [3.8, 4) is 33.6 Å². The second kappa shape index (κ2) is 10.1. The Hall–Kier alpha value is -4.23. The molecule has 0 saturated heterocycles. The van der Waals surface area contributed by atoms with Gasteiger partial charge in [-0.05, 0) is 42.9 Å². The molecule has 0 unspecified atom stereocenters. The third kappa shape index (κ3) is 5.05. The van der Waals surface area contributed by atoms with E-state index in [0.29, 0.717) is 35.6 Å². The minimum Gasteiger partial charge on any atom is -0.354 e. The van der Waals surface area contributed by atoms with Crippen LogP contribution in [0, 0.1) is 10.1 Å². The molecule has 1 heterocycles. The Morgan fingerprint density at radius 2 is 1.53 bits per heavy atom. The lowest BCUT2D eigenvalue weighted by Gasteiger charge is -2.10. The van der Waals surface area contributed by atoms with Gasteiger partial charge in [-0.2, -0.15) is 0 Å². The molecule has 1 aromatic heterocycles. The monoisotopic (exact) mass is 454 g/mol. The highest BCUT2D eigenvalue weighted by Gasteiger charge is 2.23. The van der Waals surface area contributed by atoms with Gasteiger partial charge in [0.15, 0.2) is 0 Å². The van der Waals surface area contributed by atoms with Crippen molar-refractivity contribution >= 4 is 11.6 Å². The zero-order chi connectivity index (χ0) is 24.1. The number of aromatic nitrogens is 1. The number of amides is 1. The van der Waals surface area contributed by atoms with E-state index in [0.717, 1.165) is 16.7 Å². The molecular weight excluding hydrogens is 428 g/mol. The zero-order valence-corrected chi connectivity index (χ0v) is 19.1. The molecule has 4 rings (SSSR count). The lowest BCUT2D eigenvalue weighted by Crippen LogP contribution is -2.31. The third-order valence-corrected chi connectivity index (χ3v) is 5.58. The number of para-hydroxylation sites is 1. The molecule has 4 aromatic rings. The lowest BCUT2D eigenvalue weighted by molar-refractivity contribution is -0.384. The van der Waals surface area contributed by atoms with Gasteiger partial charge in [0, 0.05) is 24.8 Å². The number of benzene rings is 3. The number of nitrogens with one attached hydrogen (secondary N) is 2. The van der Waals surface area contributed by atoms with Crippen molar-refractivity contribution in [1.82, 2.24) is 15.2 Å². The first-order valence-corrected chi connectivity index (χ1v) is 11.0. The van der Waals surface area contributed by atoms with E-state index in [1.807, 2.05) is 73.6 Å². The summed E-state index contributed by atoms with van der Waals surface area (Å²) in [4.78, 5) is 29.5. The van der Waals surface area contributed by atoms with Crippen molar-refractivity contribution in [2.45, 2.75) is 0 Å². The fraction of sp³-hybridized carbons (Fsp3) is 0.148. The van der Waals surface area contributed by atoms with Crippen LogP contribution in [0.2, 0.25) is 0 Å². The van der Waals surface area contributed by atoms with Crippen molar-refractivity contribution in [1.29, 1.82) is 0 Å². The molecule has 2 N–H and O–H groups in total. The highest BCUT2D eigenvalue weighted by molar-refractivity contribution is 6.02. The third-order valence-electron chi connectivity index (χ3n) is 5.58. The first-order valence-electron chi connectivity index (χ1n) is 11.0. The fourth-order valence-electron chi connectivity index (χ4n) is 3.81. The molecule has 0 bridgehead atoms. The number of nitro groups is 1. The molecule has 7 nitrogen and oxygen atoms in total. The van der Waals surface area contributed by atoms with Crippen molar-refractivity contribution in [2.24, 2.45) is 0 Å². The zero-order valence-electron chi connectivity index (χ0n) is 19.1. The van der Waals surface area contributed by atoms with Crippen molar-refractivity contribution in [2.75, 3.05) is 27.2 Å². The standard InChI is InChI=1S/C27H26N4O3/c1-30(2)17-16-28-27(32)23-18-24(29-26(23)22-10-6-7-11-25(22)31(33)34)21-14-12-20(13-15-21)19-8-4-3-5-9-19/h3-15,18,29H,16-17H2,1-2H3,(H,28,32). The fourth-order valence-corrected chi connectivity index (χ4v) is 3.81. The van der Waals surface area contributed by atoms with E-state index in [2.05, 4.69) is 10.3 Å². The van der Waals surface area contributed by atoms with Crippen LogP contribution in [-0.4, -0.2) is 47.9 Å². The summed E-state index contributed by atoms with van der Waals surface area (Å²) in [5.74, 6) is -0.279. The quantitative estimate of drug-likeness (QED) is 0.282. The van der Waals surface area contributed by atoms with Gasteiger partial charge in [0.2, 0.25) is 0 Å². The molecule has 0 saturated carbocycles. The van der Waals surface area contributed by atoms with Crippen LogP contribution in [0.5, 0.6) is 0 Å². The van der Waals surface area contributed by atoms with Crippen molar-refractivity contribution < 1.29 is 9.72 Å². The van der Waals surface area contributed by atoms with Crippen LogP contribution in [0.25, 0.3) is 33.6 Å². The molecule has 0 fully saturated rings. The molecule has 0 aliphatic rings. The number of nitrogens with zero attached hydrogens (tertiary/aromatic N) is 2.